The molecular weight excluding hydrogens is 249 g/mol. The molecule has 1 aliphatic carbocycles. The van der Waals surface area contributed by atoms with Gasteiger partial charge in [-0.1, -0.05) is 38.8 Å². The van der Waals surface area contributed by atoms with Gasteiger partial charge in [0.1, 0.15) is 0 Å². The van der Waals surface area contributed by atoms with Crippen LogP contribution in [0, 0.1) is 11.3 Å². The Morgan fingerprint density at radius 2 is 1.63 bits per heavy atom. The van der Waals surface area contributed by atoms with Crippen molar-refractivity contribution in [1.82, 2.24) is 0 Å². The molecule has 1 aromatic carbocycles. The fourth-order valence-electron chi connectivity index (χ4n) is 2.55. The summed E-state index contributed by atoms with van der Waals surface area (Å²) in [5, 5.41) is 0. The van der Waals surface area contributed by atoms with Crippen molar-refractivity contribution in [2.45, 2.75) is 52.1 Å². The zero-order chi connectivity index (χ0) is 14.1. The van der Waals surface area contributed by atoms with Gasteiger partial charge >= 0.3 is 6.18 Å². The molecule has 0 aliphatic heterocycles. The first kappa shape index (κ1) is 14.4. The Balaban J connectivity index is 1.88. The summed E-state index contributed by atoms with van der Waals surface area (Å²) in [6, 6.07) is 5.58. The second kappa shape index (κ2) is 5.18. The first-order valence-electron chi connectivity index (χ1n) is 6.92. The molecule has 0 N–H and O–H groups in total. The van der Waals surface area contributed by atoms with Gasteiger partial charge in [0.25, 0.3) is 0 Å². The van der Waals surface area contributed by atoms with Crippen molar-refractivity contribution in [1.29, 1.82) is 0 Å². The number of rotatable bonds is 5. The minimum atomic E-state index is -4.23. The Bertz CT molecular complexity index is 411. The van der Waals surface area contributed by atoms with E-state index >= 15 is 0 Å². The monoisotopic (exact) mass is 270 g/mol. The number of alkyl halides is 3. The van der Waals surface area contributed by atoms with Gasteiger partial charge in [0.2, 0.25) is 0 Å². The van der Waals surface area contributed by atoms with E-state index in [-0.39, 0.29) is 0 Å². The molecule has 0 amide bonds. The molecule has 0 bridgehead atoms. The molecular formula is C16H21F3. The Labute approximate surface area is 113 Å². The lowest BCUT2D eigenvalue weighted by Crippen LogP contribution is -2.13. The molecule has 0 aromatic heterocycles. The maximum atomic E-state index is 12.4. The molecule has 1 aliphatic rings. The van der Waals surface area contributed by atoms with Crippen LogP contribution in [0.15, 0.2) is 24.3 Å². The average Bonchev–Trinajstić information content (AvgIpc) is 3.09. The second-order valence-electron chi connectivity index (χ2n) is 6.51. The molecule has 1 saturated carbocycles. The standard InChI is InChI=1S/C16H21F3/c1-15(2,11-13-3-4-13)10-9-12-5-7-14(8-6-12)16(17,18)19/h5-8,13H,3-4,9-11H2,1-2H3. The van der Waals surface area contributed by atoms with Crippen LogP contribution in [0.25, 0.3) is 0 Å². The van der Waals surface area contributed by atoms with Gasteiger partial charge in [0.15, 0.2) is 0 Å². The van der Waals surface area contributed by atoms with Gasteiger partial charge in [0, 0.05) is 0 Å². The van der Waals surface area contributed by atoms with Crippen LogP contribution in [-0.2, 0) is 12.6 Å². The second-order valence-corrected chi connectivity index (χ2v) is 6.51. The van der Waals surface area contributed by atoms with Crippen LogP contribution >= 0.6 is 0 Å². The van der Waals surface area contributed by atoms with E-state index < -0.39 is 11.7 Å². The van der Waals surface area contributed by atoms with E-state index in [0.29, 0.717) is 5.41 Å². The Morgan fingerprint density at radius 1 is 1.05 bits per heavy atom. The lowest BCUT2D eigenvalue weighted by molar-refractivity contribution is -0.137. The number of hydrogen-bond acceptors (Lipinski definition) is 0. The molecule has 0 nitrogen and oxygen atoms in total. The first-order chi connectivity index (χ1) is 8.76. The zero-order valence-electron chi connectivity index (χ0n) is 11.6. The van der Waals surface area contributed by atoms with E-state index in [4.69, 9.17) is 0 Å². The van der Waals surface area contributed by atoms with E-state index in [1.165, 1.54) is 31.4 Å². The average molecular weight is 270 g/mol. The Morgan fingerprint density at radius 3 is 2.11 bits per heavy atom. The van der Waals surface area contributed by atoms with Crippen molar-refractivity contribution in [2.24, 2.45) is 11.3 Å². The van der Waals surface area contributed by atoms with Crippen LogP contribution in [0.5, 0.6) is 0 Å². The summed E-state index contributed by atoms with van der Waals surface area (Å²) in [5.41, 5.74) is 0.731. The summed E-state index contributed by atoms with van der Waals surface area (Å²) in [4.78, 5) is 0. The summed E-state index contributed by atoms with van der Waals surface area (Å²) in [6.07, 6.45) is 1.61. The predicted molar refractivity (Wildman–Crippen MR) is 70.9 cm³/mol. The molecule has 19 heavy (non-hydrogen) atoms. The van der Waals surface area contributed by atoms with Crippen LogP contribution in [0.2, 0.25) is 0 Å². The quantitative estimate of drug-likeness (QED) is 0.666. The van der Waals surface area contributed by atoms with Gasteiger partial charge in [-0.2, -0.15) is 13.2 Å². The van der Waals surface area contributed by atoms with E-state index in [9.17, 15) is 13.2 Å². The van der Waals surface area contributed by atoms with Crippen LogP contribution in [-0.4, -0.2) is 0 Å². The van der Waals surface area contributed by atoms with Gasteiger partial charge in [-0.3, -0.25) is 0 Å². The fraction of sp³-hybridized carbons (Fsp3) is 0.625. The highest BCUT2D eigenvalue weighted by molar-refractivity contribution is 5.24. The number of benzene rings is 1. The topological polar surface area (TPSA) is 0 Å². The van der Waals surface area contributed by atoms with Crippen molar-refractivity contribution in [3.05, 3.63) is 35.4 Å². The van der Waals surface area contributed by atoms with Crippen LogP contribution in [0.4, 0.5) is 13.2 Å². The van der Waals surface area contributed by atoms with E-state index in [2.05, 4.69) is 13.8 Å². The van der Waals surface area contributed by atoms with Gasteiger partial charge < -0.3 is 0 Å². The Hall–Kier alpha value is -0.990. The minimum Gasteiger partial charge on any atom is -0.166 e. The van der Waals surface area contributed by atoms with E-state index in [1.54, 1.807) is 12.1 Å². The molecule has 0 unspecified atom stereocenters. The number of aryl methyl sites for hydroxylation is 1. The maximum Gasteiger partial charge on any atom is 0.416 e. The SMILES string of the molecule is CC(C)(CCc1ccc(C(F)(F)F)cc1)CC1CC1. The van der Waals surface area contributed by atoms with Gasteiger partial charge in [-0.15, -0.1) is 0 Å². The Kier molecular flexibility index (Phi) is 3.93. The minimum absolute atomic E-state index is 0.296. The van der Waals surface area contributed by atoms with Crippen LogP contribution in [0.1, 0.15) is 50.7 Å². The smallest absolute Gasteiger partial charge is 0.166 e. The largest absolute Gasteiger partial charge is 0.416 e. The summed E-state index contributed by atoms with van der Waals surface area (Å²) in [5.74, 6) is 0.891. The van der Waals surface area contributed by atoms with Crippen molar-refractivity contribution in [3.63, 3.8) is 0 Å². The lowest BCUT2D eigenvalue weighted by atomic mass is 9.81. The fourth-order valence-corrected chi connectivity index (χ4v) is 2.55. The highest BCUT2D eigenvalue weighted by Gasteiger charge is 2.31. The first-order valence-corrected chi connectivity index (χ1v) is 6.92. The highest BCUT2D eigenvalue weighted by atomic mass is 19.4. The zero-order valence-corrected chi connectivity index (χ0v) is 11.6. The number of halogens is 3. The summed E-state index contributed by atoms with van der Waals surface area (Å²) < 4.78 is 37.3. The molecule has 1 fully saturated rings. The van der Waals surface area contributed by atoms with Crippen molar-refractivity contribution in [2.75, 3.05) is 0 Å². The lowest BCUT2D eigenvalue weighted by Gasteiger charge is -2.24. The molecule has 106 valence electrons. The third-order valence-corrected chi connectivity index (χ3v) is 3.91. The van der Waals surface area contributed by atoms with E-state index in [0.717, 1.165) is 24.3 Å². The van der Waals surface area contributed by atoms with Crippen molar-refractivity contribution < 1.29 is 13.2 Å². The third kappa shape index (κ3) is 4.55. The van der Waals surface area contributed by atoms with Crippen LogP contribution < -0.4 is 0 Å². The molecule has 0 atom stereocenters. The normalized spacial score (nSPS) is 16.7. The van der Waals surface area contributed by atoms with E-state index in [1.807, 2.05) is 0 Å². The predicted octanol–water partition coefficient (Wildman–Crippen LogP) is 5.46. The van der Waals surface area contributed by atoms with Crippen molar-refractivity contribution in [3.8, 4) is 0 Å². The van der Waals surface area contributed by atoms with Crippen LogP contribution in [0.3, 0.4) is 0 Å². The summed E-state index contributed by atoms with van der Waals surface area (Å²) in [6.45, 7) is 4.52. The third-order valence-electron chi connectivity index (χ3n) is 3.91. The van der Waals surface area contributed by atoms with Gasteiger partial charge in [-0.25, -0.2) is 0 Å². The molecule has 0 radical (unpaired) electrons. The maximum absolute atomic E-state index is 12.4. The highest BCUT2D eigenvalue weighted by Crippen LogP contribution is 2.42. The molecule has 3 heteroatoms. The van der Waals surface area contributed by atoms with Gasteiger partial charge in [0.05, 0.1) is 5.56 Å². The summed E-state index contributed by atoms with van der Waals surface area (Å²) in [7, 11) is 0. The molecule has 0 spiro atoms. The molecule has 1 aromatic rings. The molecule has 0 saturated heterocycles. The molecule has 0 heterocycles. The number of hydrogen-bond donors (Lipinski definition) is 0. The van der Waals surface area contributed by atoms with Gasteiger partial charge in [-0.05, 0) is 48.3 Å². The molecule has 2 rings (SSSR count). The van der Waals surface area contributed by atoms with Crippen molar-refractivity contribution >= 4 is 0 Å². The summed E-state index contributed by atoms with van der Waals surface area (Å²) >= 11 is 0.